The molecule has 0 aliphatic heterocycles. The molecule has 1 unspecified atom stereocenters. The molecule has 0 saturated carbocycles. The molecule has 2 rings (SSSR count). The molecule has 114 valence electrons. The summed E-state index contributed by atoms with van der Waals surface area (Å²) in [5.41, 5.74) is 0.916. The average Bonchev–Trinajstić information content (AvgIpc) is 2.82. The van der Waals surface area contributed by atoms with Crippen LogP contribution in [0.25, 0.3) is 10.1 Å². The lowest BCUT2D eigenvalue weighted by Crippen LogP contribution is -2.26. The molecule has 3 nitrogen and oxygen atoms in total. The third-order valence-electron chi connectivity index (χ3n) is 3.70. The molecule has 0 fully saturated rings. The largest absolute Gasteiger partial charge is 0.477 e. The van der Waals surface area contributed by atoms with Crippen molar-refractivity contribution in [3.63, 3.8) is 0 Å². The number of hydrogen-bond acceptors (Lipinski definition) is 3. The minimum absolute atomic E-state index is 0.396. The zero-order chi connectivity index (χ0) is 15.4. The summed E-state index contributed by atoms with van der Waals surface area (Å²) in [6.07, 6.45) is 2.30. The molecule has 1 aromatic heterocycles. The predicted molar refractivity (Wildman–Crippen MR) is 89.2 cm³/mol. The van der Waals surface area contributed by atoms with Crippen LogP contribution in [0.5, 0.6) is 0 Å². The Morgan fingerprint density at radius 2 is 1.95 bits per heavy atom. The molecular weight excluding hydrogens is 282 g/mol. The molecule has 1 aromatic carbocycles. The van der Waals surface area contributed by atoms with Crippen LogP contribution >= 0.6 is 11.3 Å². The van der Waals surface area contributed by atoms with Gasteiger partial charge in [-0.2, -0.15) is 0 Å². The molecule has 2 N–H and O–H groups in total. The van der Waals surface area contributed by atoms with Gasteiger partial charge in [-0.15, -0.1) is 11.3 Å². The first-order valence-corrected chi connectivity index (χ1v) is 8.27. The first-order valence-electron chi connectivity index (χ1n) is 7.46. The van der Waals surface area contributed by atoms with Crippen molar-refractivity contribution < 1.29 is 9.90 Å². The minimum Gasteiger partial charge on any atom is -0.477 e. The average molecular weight is 305 g/mol. The summed E-state index contributed by atoms with van der Waals surface area (Å²) in [7, 11) is 0. The Labute approximate surface area is 130 Å². The molecule has 21 heavy (non-hydrogen) atoms. The van der Waals surface area contributed by atoms with Crippen LogP contribution in [0.1, 0.15) is 48.8 Å². The van der Waals surface area contributed by atoms with Gasteiger partial charge < -0.3 is 10.4 Å². The lowest BCUT2D eigenvalue weighted by Gasteiger charge is -2.15. The zero-order valence-electron chi connectivity index (χ0n) is 12.8. The van der Waals surface area contributed by atoms with Gasteiger partial charge in [0.05, 0.1) is 0 Å². The van der Waals surface area contributed by atoms with Crippen molar-refractivity contribution in [2.24, 2.45) is 5.92 Å². The SMILES string of the molecule is CC(C)CCC(C)NCc1c(C(=O)O)sc2ccccc12. The maximum Gasteiger partial charge on any atom is 0.346 e. The number of benzene rings is 1. The van der Waals surface area contributed by atoms with Crippen molar-refractivity contribution in [1.29, 1.82) is 0 Å². The van der Waals surface area contributed by atoms with Crippen molar-refractivity contribution in [3.05, 3.63) is 34.7 Å². The molecule has 0 aliphatic carbocycles. The molecule has 1 atom stereocenters. The van der Waals surface area contributed by atoms with Gasteiger partial charge in [0.25, 0.3) is 0 Å². The van der Waals surface area contributed by atoms with E-state index < -0.39 is 5.97 Å². The third-order valence-corrected chi connectivity index (χ3v) is 4.90. The molecule has 2 aromatic rings. The number of thiophene rings is 1. The summed E-state index contributed by atoms with van der Waals surface area (Å²) in [6, 6.07) is 8.30. The number of carbonyl (C=O) groups is 1. The maximum atomic E-state index is 11.4. The van der Waals surface area contributed by atoms with Gasteiger partial charge >= 0.3 is 5.97 Å². The first-order chi connectivity index (χ1) is 9.99. The second-order valence-electron chi connectivity index (χ2n) is 5.96. The van der Waals surface area contributed by atoms with Crippen LogP contribution in [-0.4, -0.2) is 17.1 Å². The highest BCUT2D eigenvalue weighted by Crippen LogP contribution is 2.31. The monoisotopic (exact) mass is 305 g/mol. The van der Waals surface area contributed by atoms with Crippen LogP contribution in [0, 0.1) is 5.92 Å². The third kappa shape index (κ3) is 4.05. The van der Waals surface area contributed by atoms with Crippen LogP contribution < -0.4 is 5.32 Å². The highest BCUT2D eigenvalue weighted by atomic mass is 32.1. The molecule has 1 heterocycles. The Kier molecular flexibility index (Phi) is 5.37. The molecular formula is C17H23NO2S. The van der Waals surface area contributed by atoms with Gasteiger partial charge in [0.1, 0.15) is 4.88 Å². The van der Waals surface area contributed by atoms with Gasteiger partial charge in [0.15, 0.2) is 0 Å². The van der Waals surface area contributed by atoms with Crippen molar-refractivity contribution in [2.45, 2.75) is 46.2 Å². The van der Waals surface area contributed by atoms with E-state index in [-0.39, 0.29) is 0 Å². The number of nitrogens with one attached hydrogen (secondary N) is 1. The van der Waals surface area contributed by atoms with Gasteiger partial charge in [0.2, 0.25) is 0 Å². The van der Waals surface area contributed by atoms with Gasteiger partial charge in [-0.3, -0.25) is 0 Å². The summed E-state index contributed by atoms with van der Waals surface area (Å²) in [5.74, 6) is -0.131. The fraction of sp³-hybridized carbons (Fsp3) is 0.471. The number of aromatic carboxylic acids is 1. The van der Waals surface area contributed by atoms with Crippen LogP contribution in [0.15, 0.2) is 24.3 Å². The number of hydrogen-bond donors (Lipinski definition) is 2. The fourth-order valence-electron chi connectivity index (χ4n) is 2.41. The first kappa shape index (κ1) is 16.0. The van der Waals surface area contributed by atoms with Crippen LogP contribution in [0.4, 0.5) is 0 Å². The second kappa shape index (κ2) is 7.05. The molecule has 0 saturated heterocycles. The Balaban J connectivity index is 2.13. The number of carboxylic acid groups (broad SMARTS) is 1. The molecule has 0 bridgehead atoms. The summed E-state index contributed by atoms with van der Waals surface area (Å²) >= 11 is 1.36. The van der Waals surface area contributed by atoms with E-state index in [0.717, 1.165) is 22.1 Å². The van der Waals surface area contributed by atoms with E-state index in [9.17, 15) is 9.90 Å². The second-order valence-corrected chi connectivity index (χ2v) is 7.02. The van der Waals surface area contributed by atoms with Gasteiger partial charge in [0, 0.05) is 17.3 Å². The Hall–Kier alpha value is -1.39. The molecule has 0 radical (unpaired) electrons. The van der Waals surface area contributed by atoms with Gasteiger partial charge in [-0.1, -0.05) is 32.0 Å². The van der Waals surface area contributed by atoms with Crippen LogP contribution in [0.3, 0.4) is 0 Å². The van der Waals surface area contributed by atoms with E-state index in [1.54, 1.807) is 0 Å². The van der Waals surface area contributed by atoms with E-state index in [2.05, 4.69) is 26.1 Å². The lowest BCUT2D eigenvalue weighted by molar-refractivity contribution is 0.0701. The Morgan fingerprint density at radius 1 is 1.24 bits per heavy atom. The summed E-state index contributed by atoms with van der Waals surface area (Å²) in [6.45, 7) is 7.23. The highest BCUT2D eigenvalue weighted by Gasteiger charge is 2.17. The molecule has 0 aliphatic rings. The molecule has 4 heteroatoms. The van der Waals surface area contributed by atoms with Crippen LogP contribution in [0.2, 0.25) is 0 Å². The Bertz CT molecular complexity index is 618. The zero-order valence-corrected chi connectivity index (χ0v) is 13.7. The summed E-state index contributed by atoms with van der Waals surface area (Å²) in [5, 5.41) is 13.9. The fourth-order valence-corrected chi connectivity index (χ4v) is 3.47. The summed E-state index contributed by atoms with van der Waals surface area (Å²) < 4.78 is 1.04. The van der Waals surface area contributed by atoms with Gasteiger partial charge in [-0.05, 0) is 42.7 Å². The molecule has 0 spiro atoms. The number of fused-ring (bicyclic) bond motifs is 1. The topological polar surface area (TPSA) is 49.3 Å². The van der Waals surface area contributed by atoms with E-state index >= 15 is 0 Å². The summed E-state index contributed by atoms with van der Waals surface area (Å²) in [4.78, 5) is 11.9. The lowest BCUT2D eigenvalue weighted by atomic mass is 10.0. The molecule has 0 amide bonds. The Morgan fingerprint density at radius 3 is 2.62 bits per heavy atom. The van der Waals surface area contributed by atoms with E-state index in [1.165, 1.54) is 17.8 Å². The normalized spacial score (nSPS) is 13.0. The minimum atomic E-state index is -0.831. The standard InChI is InChI=1S/C17H23NO2S/c1-11(2)8-9-12(3)18-10-14-13-6-4-5-7-15(13)21-16(14)17(19)20/h4-7,11-12,18H,8-10H2,1-3H3,(H,19,20). The van der Waals surface area contributed by atoms with Crippen LogP contribution in [-0.2, 0) is 6.54 Å². The predicted octanol–water partition coefficient (Wildman–Crippen LogP) is 4.51. The number of carboxylic acids is 1. The highest BCUT2D eigenvalue weighted by molar-refractivity contribution is 7.21. The quantitative estimate of drug-likeness (QED) is 0.791. The van der Waals surface area contributed by atoms with E-state index in [0.29, 0.717) is 23.4 Å². The van der Waals surface area contributed by atoms with E-state index in [4.69, 9.17) is 0 Å². The van der Waals surface area contributed by atoms with Gasteiger partial charge in [-0.25, -0.2) is 4.79 Å². The van der Waals surface area contributed by atoms with Crippen molar-refractivity contribution in [1.82, 2.24) is 5.32 Å². The van der Waals surface area contributed by atoms with Crippen molar-refractivity contribution in [2.75, 3.05) is 0 Å². The smallest absolute Gasteiger partial charge is 0.346 e. The maximum absolute atomic E-state index is 11.4. The van der Waals surface area contributed by atoms with Crippen molar-refractivity contribution in [3.8, 4) is 0 Å². The number of rotatable bonds is 7. The van der Waals surface area contributed by atoms with Crippen molar-refractivity contribution >= 4 is 27.4 Å². The van der Waals surface area contributed by atoms with E-state index in [1.807, 2.05) is 24.3 Å².